The van der Waals surface area contributed by atoms with Crippen molar-refractivity contribution in [2.24, 2.45) is 5.92 Å². The van der Waals surface area contributed by atoms with Crippen molar-refractivity contribution in [3.63, 3.8) is 0 Å². The van der Waals surface area contributed by atoms with Crippen molar-refractivity contribution in [2.75, 3.05) is 11.1 Å². The molecule has 19 heavy (non-hydrogen) atoms. The summed E-state index contributed by atoms with van der Waals surface area (Å²) in [5, 5.41) is 2.97. The zero-order chi connectivity index (χ0) is 13.7. The minimum Gasteiger partial charge on any atom is -0.397 e. The number of benzene rings is 1. The van der Waals surface area contributed by atoms with E-state index in [2.05, 4.69) is 21.2 Å². The summed E-state index contributed by atoms with van der Waals surface area (Å²) in [6.07, 6.45) is 8.15. The first kappa shape index (κ1) is 14.4. The fourth-order valence-electron chi connectivity index (χ4n) is 2.60. The van der Waals surface area contributed by atoms with Crippen molar-refractivity contribution in [3.8, 4) is 0 Å². The third-order valence-corrected chi connectivity index (χ3v) is 4.24. The van der Waals surface area contributed by atoms with Crippen LogP contribution in [0, 0.1) is 5.92 Å². The molecule has 1 aromatic carbocycles. The van der Waals surface area contributed by atoms with Gasteiger partial charge >= 0.3 is 0 Å². The SMILES string of the molecule is Nc1cc(Br)ccc1NC(=O)C1CCCCCCC1. The van der Waals surface area contributed by atoms with Crippen molar-refractivity contribution >= 4 is 33.2 Å². The Bertz CT molecular complexity index is 440. The molecule has 0 radical (unpaired) electrons. The van der Waals surface area contributed by atoms with Gasteiger partial charge in [-0.15, -0.1) is 0 Å². The van der Waals surface area contributed by atoms with E-state index < -0.39 is 0 Å². The van der Waals surface area contributed by atoms with E-state index in [0.717, 1.165) is 35.8 Å². The van der Waals surface area contributed by atoms with Crippen LogP contribution in [0.4, 0.5) is 11.4 Å². The van der Waals surface area contributed by atoms with E-state index in [4.69, 9.17) is 5.73 Å². The van der Waals surface area contributed by atoms with Crippen molar-refractivity contribution < 1.29 is 4.79 Å². The second-order valence-electron chi connectivity index (χ2n) is 5.26. The lowest BCUT2D eigenvalue weighted by atomic mass is 9.90. The van der Waals surface area contributed by atoms with Crippen LogP contribution in [0.1, 0.15) is 44.9 Å². The number of nitrogen functional groups attached to an aromatic ring is 1. The Hall–Kier alpha value is -1.03. The van der Waals surface area contributed by atoms with E-state index >= 15 is 0 Å². The smallest absolute Gasteiger partial charge is 0.227 e. The van der Waals surface area contributed by atoms with E-state index in [0.29, 0.717) is 5.69 Å². The van der Waals surface area contributed by atoms with Crippen LogP contribution >= 0.6 is 15.9 Å². The highest BCUT2D eigenvalue weighted by Gasteiger charge is 2.19. The van der Waals surface area contributed by atoms with Gasteiger partial charge < -0.3 is 11.1 Å². The second-order valence-corrected chi connectivity index (χ2v) is 6.18. The van der Waals surface area contributed by atoms with Crippen molar-refractivity contribution in [2.45, 2.75) is 44.9 Å². The number of nitrogens with two attached hydrogens (primary N) is 1. The number of rotatable bonds is 2. The molecule has 0 aromatic heterocycles. The molecule has 1 amide bonds. The van der Waals surface area contributed by atoms with E-state index in [1.165, 1.54) is 19.3 Å². The topological polar surface area (TPSA) is 55.1 Å². The molecule has 4 heteroatoms. The van der Waals surface area contributed by atoms with Gasteiger partial charge in [0.05, 0.1) is 11.4 Å². The van der Waals surface area contributed by atoms with Crippen LogP contribution in [0.15, 0.2) is 22.7 Å². The Balaban J connectivity index is 1.98. The van der Waals surface area contributed by atoms with Crippen LogP contribution in [0.5, 0.6) is 0 Å². The zero-order valence-corrected chi connectivity index (χ0v) is 12.7. The number of carbonyl (C=O) groups is 1. The standard InChI is InChI=1S/C15H21BrN2O/c16-12-8-9-14(13(17)10-12)18-15(19)11-6-4-2-1-3-5-7-11/h8-11H,1-7,17H2,(H,18,19). The molecule has 1 aromatic rings. The molecule has 104 valence electrons. The van der Waals surface area contributed by atoms with E-state index in [-0.39, 0.29) is 11.8 Å². The lowest BCUT2D eigenvalue weighted by Gasteiger charge is -2.19. The lowest BCUT2D eigenvalue weighted by Crippen LogP contribution is -2.24. The summed E-state index contributed by atoms with van der Waals surface area (Å²) in [6, 6.07) is 5.55. The summed E-state index contributed by atoms with van der Waals surface area (Å²) < 4.78 is 0.925. The van der Waals surface area contributed by atoms with Gasteiger partial charge in [-0.1, -0.05) is 48.0 Å². The Morgan fingerprint density at radius 3 is 2.42 bits per heavy atom. The number of hydrogen-bond donors (Lipinski definition) is 2. The number of amides is 1. The van der Waals surface area contributed by atoms with Gasteiger partial charge in [0, 0.05) is 10.4 Å². The molecule has 1 aliphatic rings. The van der Waals surface area contributed by atoms with Gasteiger partial charge in [-0.05, 0) is 31.0 Å². The minimum absolute atomic E-state index is 0.121. The highest BCUT2D eigenvalue weighted by molar-refractivity contribution is 9.10. The first-order chi connectivity index (χ1) is 9.16. The molecule has 0 spiro atoms. The van der Waals surface area contributed by atoms with E-state index in [1.54, 1.807) is 0 Å². The number of nitrogens with one attached hydrogen (secondary N) is 1. The molecule has 1 aliphatic carbocycles. The summed E-state index contributed by atoms with van der Waals surface area (Å²) in [6.45, 7) is 0. The van der Waals surface area contributed by atoms with Crippen LogP contribution in [0.3, 0.4) is 0 Å². The van der Waals surface area contributed by atoms with E-state index in [1.807, 2.05) is 18.2 Å². The lowest BCUT2D eigenvalue weighted by molar-refractivity contribution is -0.120. The molecule has 3 nitrogen and oxygen atoms in total. The molecular formula is C15H21BrN2O. The largest absolute Gasteiger partial charge is 0.397 e. The van der Waals surface area contributed by atoms with Gasteiger partial charge in [0.2, 0.25) is 5.91 Å². The predicted molar refractivity (Wildman–Crippen MR) is 83.0 cm³/mol. The summed E-state index contributed by atoms with van der Waals surface area (Å²) >= 11 is 3.37. The highest BCUT2D eigenvalue weighted by atomic mass is 79.9. The van der Waals surface area contributed by atoms with Crippen molar-refractivity contribution in [1.82, 2.24) is 0 Å². The molecule has 1 saturated carbocycles. The Morgan fingerprint density at radius 2 is 1.79 bits per heavy atom. The van der Waals surface area contributed by atoms with Crippen LogP contribution < -0.4 is 11.1 Å². The Morgan fingerprint density at radius 1 is 1.16 bits per heavy atom. The Kier molecular flexibility index (Phi) is 5.25. The van der Waals surface area contributed by atoms with Crippen LogP contribution in [0.2, 0.25) is 0 Å². The van der Waals surface area contributed by atoms with Gasteiger partial charge in [0.15, 0.2) is 0 Å². The molecule has 0 atom stereocenters. The Labute approximate surface area is 123 Å². The van der Waals surface area contributed by atoms with Crippen molar-refractivity contribution in [1.29, 1.82) is 0 Å². The number of anilines is 2. The summed E-state index contributed by atoms with van der Waals surface area (Å²) in [5.74, 6) is 0.263. The zero-order valence-electron chi connectivity index (χ0n) is 11.1. The van der Waals surface area contributed by atoms with Gasteiger partial charge in [-0.25, -0.2) is 0 Å². The average molecular weight is 325 g/mol. The molecule has 1 fully saturated rings. The van der Waals surface area contributed by atoms with Crippen LogP contribution in [-0.2, 0) is 4.79 Å². The molecule has 0 aliphatic heterocycles. The number of halogens is 1. The minimum atomic E-state index is 0.121. The van der Waals surface area contributed by atoms with Crippen LogP contribution in [-0.4, -0.2) is 5.91 Å². The first-order valence-electron chi connectivity index (χ1n) is 7.02. The van der Waals surface area contributed by atoms with Crippen LogP contribution in [0.25, 0.3) is 0 Å². The summed E-state index contributed by atoms with van der Waals surface area (Å²) in [7, 11) is 0. The maximum atomic E-state index is 12.3. The summed E-state index contributed by atoms with van der Waals surface area (Å²) in [4.78, 5) is 12.3. The number of carbonyl (C=O) groups excluding carboxylic acids is 1. The first-order valence-corrected chi connectivity index (χ1v) is 7.82. The van der Waals surface area contributed by atoms with Gasteiger partial charge in [-0.2, -0.15) is 0 Å². The van der Waals surface area contributed by atoms with Gasteiger partial charge in [0.25, 0.3) is 0 Å². The average Bonchev–Trinajstić information content (AvgIpc) is 2.32. The molecule has 0 unspecified atom stereocenters. The monoisotopic (exact) mass is 324 g/mol. The maximum absolute atomic E-state index is 12.3. The predicted octanol–water partition coefficient (Wildman–Crippen LogP) is 4.33. The molecule has 2 rings (SSSR count). The summed E-state index contributed by atoms with van der Waals surface area (Å²) in [5.41, 5.74) is 7.23. The fraction of sp³-hybridized carbons (Fsp3) is 0.533. The van der Waals surface area contributed by atoms with Gasteiger partial charge in [-0.3, -0.25) is 4.79 Å². The maximum Gasteiger partial charge on any atom is 0.227 e. The molecule has 0 heterocycles. The molecule has 0 saturated heterocycles. The number of hydrogen-bond acceptors (Lipinski definition) is 2. The molecular weight excluding hydrogens is 304 g/mol. The van der Waals surface area contributed by atoms with Crippen molar-refractivity contribution in [3.05, 3.63) is 22.7 Å². The normalized spacial score (nSPS) is 17.5. The van der Waals surface area contributed by atoms with E-state index in [9.17, 15) is 4.79 Å². The fourth-order valence-corrected chi connectivity index (χ4v) is 2.98. The van der Waals surface area contributed by atoms with Gasteiger partial charge in [0.1, 0.15) is 0 Å². The third-order valence-electron chi connectivity index (χ3n) is 3.75. The third kappa shape index (κ3) is 4.23. The molecule has 0 bridgehead atoms. The molecule has 3 N–H and O–H groups in total. The second kappa shape index (κ2) is 6.94. The quantitative estimate of drug-likeness (QED) is 0.795. The highest BCUT2D eigenvalue weighted by Crippen LogP contribution is 2.26.